The third-order valence-corrected chi connectivity index (χ3v) is 5.85. The van der Waals surface area contributed by atoms with Crippen LogP contribution in [-0.4, -0.2) is 68.5 Å². The molecule has 1 heterocycles. The minimum absolute atomic E-state index is 0.0236. The maximum Gasteiger partial charge on any atom is 0.233 e. The highest BCUT2D eigenvalue weighted by Gasteiger charge is 2.31. The summed E-state index contributed by atoms with van der Waals surface area (Å²) < 4.78 is 5.58. The first-order valence-electron chi connectivity index (χ1n) is 11.0. The van der Waals surface area contributed by atoms with Gasteiger partial charge in [-0.1, -0.05) is 49.4 Å². The van der Waals surface area contributed by atoms with E-state index in [1.165, 1.54) is 0 Å². The van der Waals surface area contributed by atoms with Crippen LogP contribution in [0.15, 0.2) is 48.5 Å². The molecule has 1 unspecified atom stereocenters. The van der Waals surface area contributed by atoms with Gasteiger partial charge in [-0.15, -0.1) is 0 Å². The van der Waals surface area contributed by atoms with E-state index in [0.29, 0.717) is 32.6 Å². The molecule has 1 aliphatic rings. The summed E-state index contributed by atoms with van der Waals surface area (Å²) in [6.45, 7) is 5.10. The predicted molar refractivity (Wildman–Crippen MR) is 123 cm³/mol. The summed E-state index contributed by atoms with van der Waals surface area (Å²) in [7, 11) is 3.32. The molecule has 31 heavy (non-hydrogen) atoms. The van der Waals surface area contributed by atoms with E-state index in [1.807, 2.05) is 41.3 Å². The van der Waals surface area contributed by atoms with E-state index in [1.54, 1.807) is 14.2 Å². The Morgan fingerprint density at radius 3 is 2.52 bits per heavy atom. The Labute approximate surface area is 185 Å². The molecule has 0 bridgehead atoms. The molecular formula is C25H33N3O3. The molecule has 2 amide bonds. The van der Waals surface area contributed by atoms with Crippen LogP contribution in [0.1, 0.15) is 18.9 Å². The largest absolute Gasteiger partial charge is 0.496 e. The predicted octanol–water partition coefficient (Wildman–Crippen LogP) is 2.82. The average molecular weight is 424 g/mol. The highest BCUT2D eigenvalue weighted by molar-refractivity contribution is 5.81. The minimum atomic E-state index is -0.199. The van der Waals surface area contributed by atoms with Gasteiger partial charge in [-0.3, -0.25) is 14.5 Å². The normalized spacial score (nSPS) is 17.3. The Balaban J connectivity index is 1.91. The van der Waals surface area contributed by atoms with Gasteiger partial charge in [-0.2, -0.15) is 0 Å². The number of carbonyl (C=O) groups excluding carboxylic acids is 2. The number of benzene rings is 2. The second kappa shape index (κ2) is 11.0. The smallest absolute Gasteiger partial charge is 0.233 e. The van der Waals surface area contributed by atoms with Crippen LogP contribution in [0, 0.1) is 5.92 Å². The molecular weight excluding hydrogens is 390 g/mol. The fraction of sp³-hybridized carbons (Fsp3) is 0.440. The van der Waals surface area contributed by atoms with Crippen molar-refractivity contribution in [1.29, 1.82) is 0 Å². The fourth-order valence-corrected chi connectivity index (χ4v) is 4.27. The summed E-state index contributed by atoms with van der Waals surface area (Å²) in [5, 5.41) is 2.70. The molecule has 1 aliphatic heterocycles. The summed E-state index contributed by atoms with van der Waals surface area (Å²) in [5.41, 5.74) is 3.22. The SMILES string of the molecule is CCCN1CCN(CC(=O)NC)CC(Cc2ccccc2-c2ccccc2OC)C1=O. The number of para-hydroxylation sites is 1. The van der Waals surface area contributed by atoms with Crippen molar-refractivity contribution in [2.45, 2.75) is 19.8 Å². The molecule has 1 N–H and O–H groups in total. The van der Waals surface area contributed by atoms with Crippen molar-refractivity contribution < 1.29 is 14.3 Å². The van der Waals surface area contributed by atoms with Gasteiger partial charge in [-0.25, -0.2) is 0 Å². The van der Waals surface area contributed by atoms with E-state index in [9.17, 15) is 9.59 Å². The van der Waals surface area contributed by atoms with Crippen molar-refractivity contribution in [2.24, 2.45) is 5.92 Å². The van der Waals surface area contributed by atoms with Crippen LogP contribution in [-0.2, 0) is 16.0 Å². The lowest BCUT2D eigenvalue weighted by Crippen LogP contribution is -2.39. The van der Waals surface area contributed by atoms with Crippen molar-refractivity contribution in [2.75, 3.05) is 46.9 Å². The fourth-order valence-electron chi connectivity index (χ4n) is 4.27. The number of hydrogen-bond donors (Lipinski definition) is 1. The number of rotatable bonds is 8. The highest BCUT2D eigenvalue weighted by atomic mass is 16.5. The standard InChI is InChI=1S/C25H33N3O3/c1-4-13-28-15-14-27(18-24(29)26-2)17-20(25(28)30)16-19-9-5-6-10-21(19)22-11-7-8-12-23(22)31-3/h5-12,20H,4,13-18H2,1-3H3,(H,26,29). The molecule has 0 aromatic heterocycles. The second-order valence-corrected chi connectivity index (χ2v) is 7.99. The monoisotopic (exact) mass is 423 g/mol. The Morgan fingerprint density at radius 1 is 1.10 bits per heavy atom. The van der Waals surface area contributed by atoms with Crippen molar-refractivity contribution in [3.05, 3.63) is 54.1 Å². The Morgan fingerprint density at radius 2 is 1.81 bits per heavy atom. The van der Waals surface area contributed by atoms with Crippen LogP contribution < -0.4 is 10.1 Å². The number of likely N-dealkylation sites (N-methyl/N-ethyl adjacent to an activating group) is 1. The molecule has 1 atom stereocenters. The molecule has 2 aromatic carbocycles. The van der Waals surface area contributed by atoms with Crippen molar-refractivity contribution in [1.82, 2.24) is 15.1 Å². The third kappa shape index (κ3) is 5.64. The van der Waals surface area contributed by atoms with E-state index < -0.39 is 0 Å². The zero-order valence-corrected chi connectivity index (χ0v) is 18.8. The molecule has 6 heteroatoms. The maximum absolute atomic E-state index is 13.4. The number of hydrogen-bond acceptors (Lipinski definition) is 4. The van der Waals surface area contributed by atoms with Crippen molar-refractivity contribution in [3.63, 3.8) is 0 Å². The van der Waals surface area contributed by atoms with Crippen molar-refractivity contribution >= 4 is 11.8 Å². The summed E-state index contributed by atoms with van der Waals surface area (Å²) in [6, 6.07) is 16.2. The topological polar surface area (TPSA) is 61.9 Å². The number of ether oxygens (including phenoxy) is 1. The van der Waals surface area contributed by atoms with Gasteiger partial charge in [0.15, 0.2) is 0 Å². The lowest BCUT2D eigenvalue weighted by molar-refractivity contribution is -0.134. The molecule has 6 nitrogen and oxygen atoms in total. The number of methoxy groups -OCH3 is 1. The lowest BCUT2D eigenvalue weighted by atomic mass is 9.91. The first kappa shape index (κ1) is 22.8. The maximum atomic E-state index is 13.4. The van der Waals surface area contributed by atoms with E-state index >= 15 is 0 Å². The van der Waals surface area contributed by atoms with E-state index in [-0.39, 0.29) is 17.7 Å². The van der Waals surface area contributed by atoms with E-state index in [0.717, 1.165) is 35.4 Å². The summed E-state index contributed by atoms with van der Waals surface area (Å²) in [4.78, 5) is 29.4. The van der Waals surface area contributed by atoms with Crippen LogP contribution in [0.4, 0.5) is 0 Å². The molecule has 166 valence electrons. The molecule has 0 spiro atoms. The highest BCUT2D eigenvalue weighted by Crippen LogP contribution is 2.33. The van der Waals surface area contributed by atoms with Gasteiger partial charge >= 0.3 is 0 Å². The Kier molecular flexibility index (Phi) is 8.06. The van der Waals surface area contributed by atoms with E-state index in [4.69, 9.17) is 4.74 Å². The van der Waals surface area contributed by atoms with Crippen LogP contribution >= 0.6 is 0 Å². The van der Waals surface area contributed by atoms with Gasteiger partial charge in [-0.05, 0) is 30.0 Å². The zero-order valence-electron chi connectivity index (χ0n) is 18.8. The molecule has 0 saturated carbocycles. The van der Waals surface area contributed by atoms with E-state index in [2.05, 4.69) is 29.3 Å². The van der Waals surface area contributed by atoms with Gasteiger partial charge in [0.1, 0.15) is 5.75 Å². The first-order chi connectivity index (χ1) is 15.1. The van der Waals surface area contributed by atoms with Crippen LogP contribution in [0.3, 0.4) is 0 Å². The van der Waals surface area contributed by atoms with Gasteiger partial charge in [0, 0.05) is 38.8 Å². The van der Waals surface area contributed by atoms with Crippen molar-refractivity contribution in [3.8, 4) is 16.9 Å². The molecule has 1 fully saturated rings. The summed E-state index contributed by atoms with van der Waals surface area (Å²) in [5.74, 6) is 0.770. The first-order valence-corrected chi connectivity index (χ1v) is 11.0. The van der Waals surface area contributed by atoms with Crippen LogP contribution in [0.2, 0.25) is 0 Å². The van der Waals surface area contributed by atoms with Crippen LogP contribution in [0.5, 0.6) is 5.75 Å². The minimum Gasteiger partial charge on any atom is -0.496 e. The van der Waals surface area contributed by atoms with Gasteiger partial charge in [0.05, 0.1) is 19.6 Å². The molecule has 3 rings (SSSR count). The Hall–Kier alpha value is -2.86. The number of nitrogens with one attached hydrogen (secondary N) is 1. The van der Waals surface area contributed by atoms with Crippen LogP contribution in [0.25, 0.3) is 11.1 Å². The molecule has 1 saturated heterocycles. The molecule has 2 aromatic rings. The average Bonchev–Trinajstić information content (AvgIpc) is 2.93. The summed E-state index contributed by atoms with van der Waals surface area (Å²) in [6.07, 6.45) is 1.54. The number of nitrogens with zero attached hydrogens (tertiary/aromatic N) is 2. The number of carbonyl (C=O) groups is 2. The zero-order chi connectivity index (χ0) is 22.2. The second-order valence-electron chi connectivity index (χ2n) is 7.99. The Bertz CT molecular complexity index is 899. The molecule has 0 aliphatic carbocycles. The molecule has 0 radical (unpaired) electrons. The third-order valence-electron chi connectivity index (χ3n) is 5.85. The summed E-state index contributed by atoms with van der Waals surface area (Å²) >= 11 is 0. The lowest BCUT2D eigenvalue weighted by Gasteiger charge is -2.24. The number of amides is 2. The van der Waals surface area contributed by atoms with Gasteiger partial charge in [0.25, 0.3) is 0 Å². The quantitative estimate of drug-likeness (QED) is 0.709. The van der Waals surface area contributed by atoms with Gasteiger partial charge < -0.3 is 15.0 Å². The van der Waals surface area contributed by atoms with Gasteiger partial charge in [0.2, 0.25) is 11.8 Å².